The van der Waals surface area contributed by atoms with Crippen LogP contribution in [0.25, 0.3) is 0 Å². The van der Waals surface area contributed by atoms with Gasteiger partial charge in [0, 0.05) is 16.8 Å². The second-order valence-corrected chi connectivity index (χ2v) is 8.85. The minimum Gasteiger partial charge on any atom is -0.449 e. The summed E-state index contributed by atoms with van der Waals surface area (Å²) in [7, 11) is 0. The van der Waals surface area contributed by atoms with Gasteiger partial charge in [-0.3, -0.25) is 4.79 Å². The molecule has 0 saturated carbocycles. The van der Waals surface area contributed by atoms with Gasteiger partial charge in [0.1, 0.15) is 10.2 Å². The number of ether oxygens (including phenoxy) is 1. The Morgan fingerprint density at radius 3 is 2.77 bits per heavy atom. The maximum atomic E-state index is 13.1. The largest absolute Gasteiger partial charge is 0.449 e. The van der Waals surface area contributed by atoms with Crippen LogP contribution >= 0.6 is 34.7 Å². The minimum absolute atomic E-state index is 0.0571. The van der Waals surface area contributed by atoms with Gasteiger partial charge < -0.3 is 10.1 Å². The molecule has 0 aliphatic carbocycles. The van der Waals surface area contributed by atoms with E-state index in [1.165, 1.54) is 30.8 Å². The van der Waals surface area contributed by atoms with Gasteiger partial charge in [0.25, 0.3) is 5.91 Å². The summed E-state index contributed by atoms with van der Waals surface area (Å²) in [6.45, 7) is 3.39. The molecule has 0 bridgehead atoms. The number of nitrogens with zero attached hydrogens (tertiary/aromatic N) is 1. The lowest BCUT2D eigenvalue weighted by Crippen LogP contribution is -2.30. The van der Waals surface area contributed by atoms with E-state index >= 15 is 0 Å². The highest BCUT2D eigenvalue weighted by atomic mass is 35.5. The van der Waals surface area contributed by atoms with Crippen molar-refractivity contribution in [3.8, 4) is 0 Å². The van der Waals surface area contributed by atoms with Crippen molar-refractivity contribution >= 4 is 52.3 Å². The van der Waals surface area contributed by atoms with Crippen LogP contribution < -0.4 is 5.32 Å². The van der Waals surface area contributed by atoms with Gasteiger partial charge >= 0.3 is 5.97 Å². The van der Waals surface area contributed by atoms with Gasteiger partial charge in [-0.2, -0.15) is 0 Å². The molecule has 0 spiro atoms. The number of benzene rings is 2. The van der Waals surface area contributed by atoms with E-state index in [-0.39, 0.29) is 10.7 Å². The molecule has 0 aliphatic heterocycles. The molecule has 1 heterocycles. The summed E-state index contributed by atoms with van der Waals surface area (Å²) in [6.07, 6.45) is -1.07. The summed E-state index contributed by atoms with van der Waals surface area (Å²) in [5.41, 5.74) is 2.37. The molecule has 156 valence electrons. The Kier molecular flexibility index (Phi) is 7.47. The number of thiazole rings is 1. The van der Waals surface area contributed by atoms with E-state index in [2.05, 4.69) is 10.3 Å². The third-order valence-electron chi connectivity index (χ3n) is 4.03. The lowest BCUT2D eigenvalue weighted by molar-refractivity contribution is -0.123. The maximum absolute atomic E-state index is 13.1. The van der Waals surface area contributed by atoms with Crippen molar-refractivity contribution in [2.24, 2.45) is 0 Å². The molecule has 0 radical (unpaired) electrons. The number of aromatic nitrogens is 1. The number of hydrogen-bond donors (Lipinski definition) is 1. The summed E-state index contributed by atoms with van der Waals surface area (Å²) < 4.78 is 19.4. The Morgan fingerprint density at radius 2 is 2.07 bits per heavy atom. The van der Waals surface area contributed by atoms with E-state index in [9.17, 15) is 14.0 Å². The van der Waals surface area contributed by atoms with E-state index in [0.29, 0.717) is 11.3 Å². The molecular formula is C21H18ClFN2O3S2. The number of anilines is 1. The van der Waals surface area contributed by atoms with Crippen molar-refractivity contribution < 1.29 is 18.7 Å². The third-order valence-corrected chi connectivity index (χ3v) is 6.53. The van der Waals surface area contributed by atoms with Gasteiger partial charge in [-0.05, 0) is 43.7 Å². The van der Waals surface area contributed by atoms with Crippen molar-refractivity contribution in [1.29, 1.82) is 0 Å². The van der Waals surface area contributed by atoms with Gasteiger partial charge in [-0.15, -0.1) is 11.3 Å². The second-order valence-electron chi connectivity index (χ2n) is 6.36. The number of nitrogens with one attached hydrogen (secondary N) is 1. The number of hydrogen-bond acceptors (Lipinski definition) is 6. The average Bonchev–Trinajstić information content (AvgIpc) is 3.13. The first-order valence-electron chi connectivity index (χ1n) is 8.93. The number of amides is 1. The molecule has 1 amide bonds. The highest BCUT2D eigenvalue weighted by Gasteiger charge is 2.21. The minimum atomic E-state index is -1.07. The molecule has 3 aromatic rings. The fraction of sp³-hybridized carbons (Fsp3) is 0.190. The third kappa shape index (κ3) is 5.81. The first kappa shape index (κ1) is 22.3. The van der Waals surface area contributed by atoms with Crippen LogP contribution in [0.1, 0.15) is 28.5 Å². The van der Waals surface area contributed by atoms with Crippen molar-refractivity contribution in [2.45, 2.75) is 30.0 Å². The smallest absolute Gasteiger partial charge is 0.339 e. The van der Waals surface area contributed by atoms with E-state index in [1.807, 2.05) is 24.4 Å². The van der Waals surface area contributed by atoms with Crippen LogP contribution in [0.4, 0.5) is 10.1 Å². The molecule has 9 heteroatoms. The summed E-state index contributed by atoms with van der Waals surface area (Å²) in [5.74, 6) is -1.14. The number of carbonyl (C=O) groups is 2. The molecule has 1 unspecified atom stereocenters. The summed E-state index contributed by atoms with van der Waals surface area (Å²) in [6, 6.07) is 10.7. The zero-order chi connectivity index (χ0) is 21.7. The lowest BCUT2D eigenvalue weighted by atomic mass is 10.1. The Labute approximate surface area is 186 Å². The highest BCUT2D eigenvalue weighted by Crippen LogP contribution is 2.28. The molecule has 0 fully saturated rings. The standard InChI is InChI=1S/C21H18ClFN2O3S2/c1-12-10-29-21(24-12)30-11-14-5-3-4-6-16(14)20(27)28-13(2)19(26)25-18-8-7-15(23)9-17(18)22/h3-10,13H,11H2,1-2H3,(H,25,26). The van der Waals surface area contributed by atoms with Crippen LogP contribution in [0, 0.1) is 12.7 Å². The predicted molar refractivity (Wildman–Crippen MR) is 118 cm³/mol. The van der Waals surface area contributed by atoms with Gasteiger partial charge in [0.2, 0.25) is 0 Å². The van der Waals surface area contributed by atoms with Crippen molar-refractivity contribution in [3.63, 3.8) is 0 Å². The van der Waals surface area contributed by atoms with Crippen LogP contribution in [0.3, 0.4) is 0 Å². The SMILES string of the molecule is Cc1csc(SCc2ccccc2C(=O)OC(C)C(=O)Nc2ccc(F)cc2Cl)n1. The van der Waals surface area contributed by atoms with Gasteiger partial charge in [-0.25, -0.2) is 14.2 Å². The van der Waals surface area contributed by atoms with Gasteiger partial charge in [0.05, 0.1) is 16.3 Å². The summed E-state index contributed by atoms with van der Waals surface area (Å²) >= 11 is 9.00. The summed E-state index contributed by atoms with van der Waals surface area (Å²) in [4.78, 5) is 29.4. The number of halogens is 2. The molecule has 2 aromatic carbocycles. The number of carbonyl (C=O) groups excluding carboxylic acids is 2. The maximum Gasteiger partial charge on any atom is 0.339 e. The van der Waals surface area contributed by atoms with Crippen LogP contribution in [-0.2, 0) is 15.3 Å². The van der Waals surface area contributed by atoms with Gasteiger partial charge in [-0.1, -0.05) is 41.6 Å². The quantitative estimate of drug-likeness (QED) is 0.357. The number of aryl methyl sites for hydroxylation is 1. The first-order valence-corrected chi connectivity index (χ1v) is 11.2. The van der Waals surface area contributed by atoms with E-state index < -0.39 is 23.8 Å². The molecule has 1 aromatic heterocycles. The molecule has 3 rings (SSSR count). The fourth-order valence-corrected chi connectivity index (χ4v) is 4.55. The molecule has 30 heavy (non-hydrogen) atoms. The average molecular weight is 465 g/mol. The Bertz CT molecular complexity index is 1070. The molecular weight excluding hydrogens is 447 g/mol. The van der Waals surface area contributed by atoms with Crippen LogP contribution in [0.2, 0.25) is 5.02 Å². The zero-order valence-electron chi connectivity index (χ0n) is 16.1. The van der Waals surface area contributed by atoms with E-state index in [0.717, 1.165) is 21.7 Å². The second kappa shape index (κ2) is 10.1. The number of thioether (sulfide) groups is 1. The Hall–Kier alpha value is -2.42. The monoisotopic (exact) mass is 464 g/mol. The molecule has 1 N–H and O–H groups in total. The van der Waals surface area contributed by atoms with Crippen LogP contribution in [0.5, 0.6) is 0 Å². The Morgan fingerprint density at radius 1 is 1.30 bits per heavy atom. The van der Waals surface area contributed by atoms with Crippen LogP contribution in [-0.4, -0.2) is 23.0 Å². The topological polar surface area (TPSA) is 68.3 Å². The lowest BCUT2D eigenvalue weighted by Gasteiger charge is -2.15. The van der Waals surface area contributed by atoms with E-state index in [1.54, 1.807) is 23.5 Å². The van der Waals surface area contributed by atoms with Crippen molar-refractivity contribution in [1.82, 2.24) is 4.98 Å². The van der Waals surface area contributed by atoms with Crippen LogP contribution in [0.15, 0.2) is 52.2 Å². The molecule has 0 saturated heterocycles. The zero-order valence-corrected chi connectivity index (χ0v) is 18.5. The normalized spacial score (nSPS) is 11.7. The fourth-order valence-electron chi connectivity index (χ4n) is 2.49. The van der Waals surface area contributed by atoms with E-state index in [4.69, 9.17) is 16.3 Å². The predicted octanol–water partition coefficient (Wildman–Crippen LogP) is 5.72. The van der Waals surface area contributed by atoms with Crippen molar-refractivity contribution in [2.75, 3.05) is 5.32 Å². The first-order chi connectivity index (χ1) is 14.3. The number of esters is 1. The van der Waals surface area contributed by atoms with Gasteiger partial charge in [0.15, 0.2) is 6.10 Å². The molecule has 0 aliphatic rings. The number of rotatable bonds is 7. The molecule has 5 nitrogen and oxygen atoms in total. The molecule has 1 atom stereocenters. The highest BCUT2D eigenvalue weighted by molar-refractivity contribution is 8.00. The van der Waals surface area contributed by atoms with Crippen molar-refractivity contribution in [3.05, 3.63) is 75.5 Å². The summed E-state index contributed by atoms with van der Waals surface area (Å²) in [5, 5.41) is 4.56. The Balaban J connectivity index is 1.64.